The van der Waals surface area contributed by atoms with Gasteiger partial charge in [-0.25, -0.2) is 0 Å². The standard InChI is InChI=1S/C21H36O7/c1-2-3-20-4-6-21(7-5-20)28-19-18-27-17-16-26-15-14-25-13-12-24-11-10-23-9-8-22/h4-7,22H,2-3,8-19H2,1H3. The number of benzene rings is 1. The van der Waals surface area contributed by atoms with E-state index < -0.39 is 0 Å². The van der Waals surface area contributed by atoms with Gasteiger partial charge in [0, 0.05) is 0 Å². The predicted molar refractivity (Wildman–Crippen MR) is 107 cm³/mol. The number of hydrogen-bond acceptors (Lipinski definition) is 7. The molecule has 0 saturated heterocycles. The quantitative estimate of drug-likeness (QED) is 0.336. The van der Waals surface area contributed by atoms with Gasteiger partial charge in [-0.15, -0.1) is 0 Å². The molecular formula is C21H36O7. The van der Waals surface area contributed by atoms with Crippen LogP contribution in [0.4, 0.5) is 0 Å². The van der Waals surface area contributed by atoms with Crippen molar-refractivity contribution >= 4 is 0 Å². The summed E-state index contributed by atoms with van der Waals surface area (Å²) in [6.45, 7) is 7.80. The minimum atomic E-state index is 0.0372. The summed E-state index contributed by atoms with van der Waals surface area (Å²) in [6, 6.07) is 8.22. The number of aliphatic hydroxyl groups excluding tert-OH is 1. The van der Waals surface area contributed by atoms with Crippen molar-refractivity contribution in [1.29, 1.82) is 0 Å². The summed E-state index contributed by atoms with van der Waals surface area (Å²) < 4.78 is 32.3. The molecule has 0 saturated carbocycles. The van der Waals surface area contributed by atoms with Crippen molar-refractivity contribution in [3.05, 3.63) is 29.8 Å². The Morgan fingerprint density at radius 3 is 1.46 bits per heavy atom. The van der Waals surface area contributed by atoms with Crippen molar-refractivity contribution in [2.45, 2.75) is 19.8 Å². The van der Waals surface area contributed by atoms with Crippen LogP contribution in [-0.4, -0.2) is 84.4 Å². The fourth-order valence-corrected chi connectivity index (χ4v) is 2.31. The van der Waals surface area contributed by atoms with Gasteiger partial charge >= 0.3 is 0 Å². The van der Waals surface area contributed by atoms with Crippen molar-refractivity contribution in [3.63, 3.8) is 0 Å². The maximum absolute atomic E-state index is 8.54. The first-order valence-electron chi connectivity index (χ1n) is 10.1. The molecule has 162 valence electrons. The van der Waals surface area contributed by atoms with E-state index in [1.54, 1.807) is 0 Å². The Hall–Kier alpha value is -1.22. The Bertz CT molecular complexity index is 439. The maximum atomic E-state index is 8.54. The number of aryl methyl sites for hydroxylation is 1. The largest absolute Gasteiger partial charge is 0.491 e. The fraction of sp³-hybridized carbons (Fsp3) is 0.714. The first kappa shape index (κ1) is 24.8. The zero-order valence-electron chi connectivity index (χ0n) is 17.1. The predicted octanol–water partition coefficient (Wildman–Crippen LogP) is 2.09. The molecule has 7 nitrogen and oxygen atoms in total. The van der Waals surface area contributed by atoms with E-state index in [0.29, 0.717) is 72.7 Å². The first-order valence-corrected chi connectivity index (χ1v) is 10.1. The molecule has 0 fully saturated rings. The Morgan fingerprint density at radius 1 is 0.607 bits per heavy atom. The molecule has 0 aromatic heterocycles. The zero-order chi connectivity index (χ0) is 20.1. The van der Waals surface area contributed by atoms with E-state index in [1.165, 1.54) is 5.56 Å². The molecular weight excluding hydrogens is 364 g/mol. The van der Waals surface area contributed by atoms with Crippen LogP contribution in [0.2, 0.25) is 0 Å². The van der Waals surface area contributed by atoms with Gasteiger partial charge < -0.3 is 33.5 Å². The maximum Gasteiger partial charge on any atom is 0.119 e. The second-order valence-corrected chi connectivity index (χ2v) is 6.03. The van der Waals surface area contributed by atoms with E-state index in [4.69, 9.17) is 33.5 Å². The highest BCUT2D eigenvalue weighted by molar-refractivity contribution is 5.27. The molecule has 0 heterocycles. The SMILES string of the molecule is CCCc1ccc(OCCOCCOCCOCCOCCOCCO)cc1. The molecule has 0 amide bonds. The van der Waals surface area contributed by atoms with Crippen LogP contribution >= 0.6 is 0 Å². The summed E-state index contributed by atoms with van der Waals surface area (Å²) in [7, 11) is 0. The van der Waals surface area contributed by atoms with Crippen LogP contribution in [-0.2, 0) is 30.1 Å². The number of rotatable bonds is 20. The smallest absolute Gasteiger partial charge is 0.119 e. The monoisotopic (exact) mass is 400 g/mol. The first-order chi connectivity index (χ1) is 13.9. The molecule has 0 aliphatic heterocycles. The molecule has 1 N–H and O–H groups in total. The lowest BCUT2D eigenvalue weighted by molar-refractivity contribution is -0.0146. The summed E-state index contributed by atoms with van der Waals surface area (Å²) in [4.78, 5) is 0. The molecule has 1 rings (SSSR count). The molecule has 7 heteroatoms. The van der Waals surface area contributed by atoms with E-state index in [9.17, 15) is 0 Å². The Balaban J connectivity index is 1.77. The lowest BCUT2D eigenvalue weighted by Crippen LogP contribution is -2.14. The van der Waals surface area contributed by atoms with E-state index in [1.807, 2.05) is 12.1 Å². The van der Waals surface area contributed by atoms with Gasteiger partial charge in [0.2, 0.25) is 0 Å². The van der Waals surface area contributed by atoms with Crippen LogP contribution in [0.15, 0.2) is 24.3 Å². The van der Waals surface area contributed by atoms with Gasteiger partial charge in [0.1, 0.15) is 12.4 Å². The Kier molecular flexibility index (Phi) is 16.9. The zero-order valence-corrected chi connectivity index (χ0v) is 17.1. The average molecular weight is 401 g/mol. The van der Waals surface area contributed by atoms with Gasteiger partial charge in [-0.1, -0.05) is 25.5 Å². The van der Waals surface area contributed by atoms with E-state index in [-0.39, 0.29) is 6.61 Å². The lowest BCUT2D eigenvalue weighted by Gasteiger charge is -2.09. The second-order valence-electron chi connectivity index (χ2n) is 6.03. The van der Waals surface area contributed by atoms with E-state index in [2.05, 4.69) is 19.1 Å². The van der Waals surface area contributed by atoms with E-state index in [0.717, 1.165) is 18.6 Å². The summed E-state index contributed by atoms with van der Waals surface area (Å²) in [5.41, 5.74) is 1.34. The minimum Gasteiger partial charge on any atom is -0.491 e. The molecule has 0 bridgehead atoms. The topological polar surface area (TPSA) is 75.6 Å². The van der Waals surface area contributed by atoms with Crippen LogP contribution < -0.4 is 4.74 Å². The lowest BCUT2D eigenvalue weighted by atomic mass is 10.1. The third-order valence-corrected chi connectivity index (χ3v) is 3.68. The van der Waals surface area contributed by atoms with Gasteiger partial charge in [-0.2, -0.15) is 0 Å². The molecule has 0 aliphatic carbocycles. The average Bonchev–Trinajstić information content (AvgIpc) is 2.72. The summed E-state index contributed by atoms with van der Waals surface area (Å²) >= 11 is 0. The number of hydrogen-bond donors (Lipinski definition) is 1. The summed E-state index contributed by atoms with van der Waals surface area (Å²) in [5.74, 6) is 0.874. The molecule has 0 radical (unpaired) electrons. The molecule has 0 atom stereocenters. The van der Waals surface area contributed by atoms with Crippen molar-refractivity contribution in [2.24, 2.45) is 0 Å². The summed E-state index contributed by atoms with van der Waals surface area (Å²) in [6.07, 6.45) is 2.25. The van der Waals surface area contributed by atoms with Crippen molar-refractivity contribution in [1.82, 2.24) is 0 Å². The van der Waals surface area contributed by atoms with E-state index >= 15 is 0 Å². The van der Waals surface area contributed by atoms with Crippen molar-refractivity contribution < 1.29 is 33.5 Å². The van der Waals surface area contributed by atoms with Gasteiger partial charge in [-0.3, -0.25) is 0 Å². The van der Waals surface area contributed by atoms with Gasteiger partial charge in [0.15, 0.2) is 0 Å². The molecule has 1 aromatic carbocycles. The van der Waals surface area contributed by atoms with Crippen LogP contribution in [0.25, 0.3) is 0 Å². The highest BCUT2D eigenvalue weighted by Crippen LogP contribution is 2.13. The molecule has 1 aromatic rings. The minimum absolute atomic E-state index is 0.0372. The Morgan fingerprint density at radius 2 is 1.04 bits per heavy atom. The third-order valence-electron chi connectivity index (χ3n) is 3.68. The van der Waals surface area contributed by atoms with Crippen molar-refractivity contribution in [3.8, 4) is 5.75 Å². The molecule has 0 unspecified atom stereocenters. The van der Waals surface area contributed by atoms with Crippen LogP contribution in [0.3, 0.4) is 0 Å². The van der Waals surface area contributed by atoms with Crippen LogP contribution in [0, 0.1) is 0 Å². The second kappa shape index (κ2) is 19.1. The number of ether oxygens (including phenoxy) is 6. The third kappa shape index (κ3) is 14.8. The summed E-state index contributed by atoms with van der Waals surface area (Å²) in [5, 5.41) is 8.54. The van der Waals surface area contributed by atoms with Crippen LogP contribution in [0.1, 0.15) is 18.9 Å². The highest BCUT2D eigenvalue weighted by Gasteiger charge is 1.96. The normalized spacial score (nSPS) is 11.1. The molecule has 0 aliphatic rings. The van der Waals surface area contributed by atoms with Crippen molar-refractivity contribution in [2.75, 3.05) is 79.3 Å². The molecule has 0 spiro atoms. The molecule has 28 heavy (non-hydrogen) atoms. The van der Waals surface area contributed by atoms with Gasteiger partial charge in [-0.05, 0) is 24.1 Å². The van der Waals surface area contributed by atoms with Gasteiger partial charge in [0.05, 0.1) is 72.7 Å². The fourth-order valence-electron chi connectivity index (χ4n) is 2.31. The number of aliphatic hydroxyl groups is 1. The highest BCUT2D eigenvalue weighted by atomic mass is 16.6. The van der Waals surface area contributed by atoms with Crippen LogP contribution in [0.5, 0.6) is 5.75 Å². The Labute approximate surface area is 168 Å². The van der Waals surface area contributed by atoms with Gasteiger partial charge in [0.25, 0.3) is 0 Å².